The summed E-state index contributed by atoms with van der Waals surface area (Å²) in [6.45, 7) is 2.08. The Balaban J connectivity index is 1.26. The lowest BCUT2D eigenvalue weighted by Crippen LogP contribution is -2.60. The second kappa shape index (κ2) is 9.38. The molecule has 10 heteroatoms. The van der Waals surface area contributed by atoms with Crippen LogP contribution in [-0.2, 0) is 11.2 Å². The molecule has 174 valence electrons. The number of benzene rings is 1. The molecule has 3 fully saturated rings. The number of hydrogen-bond donors (Lipinski definition) is 2. The van der Waals surface area contributed by atoms with E-state index in [0.717, 1.165) is 31.2 Å². The molecule has 9 nitrogen and oxygen atoms in total. The molecule has 2 N–H and O–H groups in total. The zero-order valence-electron chi connectivity index (χ0n) is 18.4. The van der Waals surface area contributed by atoms with E-state index in [9.17, 15) is 14.0 Å². The van der Waals surface area contributed by atoms with E-state index >= 15 is 0 Å². The minimum atomic E-state index is -0.510. The lowest BCUT2D eigenvalue weighted by molar-refractivity contribution is -0.133. The highest BCUT2D eigenvalue weighted by Crippen LogP contribution is 2.35. The Kier molecular flexibility index (Phi) is 6.17. The lowest BCUT2D eigenvalue weighted by Gasteiger charge is -2.41. The standard InChI is InChI=1S/C23H28FN7O2/c24-19-6-5-15(12-20-16-3-1-2-4-17(16)21(32)29-28-20)11-18(19)22(33)30-7-9-31(10-8-30)23-26-13-25-14-27-23/h5-6,11,13-14,16-17,20,28H,1-4,7-10,12H2,(H,29,32). The summed E-state index contributed by atoms with van der Waals surface area (Å²) in [6.07, 6.45) is 7.65. The number of rotatable bonds is 4. The molecule has 1 aliphatic carbocycles. The number of carbonyl (C=O) groups is 2. The first-order valence-electron chi connectivity index (χ1n) is 11.6. The third kappa shape index (κ3) is 4.52. The largest absolute Gasteiger partial charge is 0.337 e. The van der Waals surface area contributed by atoms with Crippen LogP contribution in [-0.4, -0.2) is 63.9 Å². The number of nitrogens with zero attached hydrogens (tertiary/aromatic N) is 5. The Morgan fingerprint density at radius 1 is 1.09 bits per heavy atom. The van der Waals surface area contributed by atoms with Crippen LogP contribution >= 0.6 is 0 Å². The van der Waals surface area contributed by atoms with E-state index in [0.29, 0.717) is 38.5 Å². The van der Waals surface area contributed by atoms with Crippen molar-refractivity contribution >= 4 is 17.8 Å². The molecule has 1 aromatic heterocycles. The third-order valence-electron chi connectivity index (χ3n) is 7.10. The summed E-state index contributed by atoms with van der Waals surface area (Å²) in [7, 11) is 0. The second-order valence-electron chi connectivity index (χ2n) is 9.03. The van der Waals surface area contributed by atoms with Crippen LogP contribution in [0, 0.1) is 17.7 Å². The molecule has 0 radical (unpaired) electrons. The Morgan fingerprint density at radius 3 is 2.64 bits per heavy atom. The van der Waals surface area contributed by atoms with Crippen LogP contribution in [0.2, 0.25) is 0 Å². The van der Waals surface area contributed by atoms with Crippen molar-refractivity contribution in [2.75, 3.05) is 31.1 Å². The molecule has 2 saturated heterocycles. The molecule has 3 heterocycles. The fourth-order valence-corrected chi connectivity index (χ4v) is 5.33. The molecule has 3 atom stereocenters. The highest BCUT2D eigenvalue weighted by atomic mass is 19.1. The van der Waals surface area contributed by atoms with Crippen molar-refractivity contribution in [1.82, 2.24) is 30.7 Å². The molecular weight excluding hydrogens is 425 g/mol. The minimum absolute atomic E-state index is 0.0345. The third-order valence-corrected chi connectivity index (χ3v) is 7.10. The fraction of sp³-hybridized carbons (Fsp3) is 0.522. The first-order valence-corrected chi connectivity index (χ1v) is 11.6. The summed E-state index contributed by atoms with van der Waals surface area (Å²) in [4.78, 5) is 41.1. The molecule has 5 rings (SSSR count). The summed E-state index contributed by atoms with van der Waals surface area (Å²) in [5, 5.41) is 0. The van der Waals surface area contributed by atoms with Gasteiger partial charge in [-0.25, -0.2) is 24.8 Å². The zero-order chi connectivity index (χ0) is 22.8. The molecule has 3 unspecified atom stereocenters. The molecule has 3 aliphatic rings. The van der Waals surface area contributed by atoms with E-state index in [1.165, 1.54) is 18.7 Å². The van der Waals surface area contributed by atoms with Crippen LogP contribution in [0.1, 0.15) is 41.6 Å². The first kappa shape index (κ1) is 21.7. The van der Waals surface area contributed by atoms with Gasteiger partial charge in [0.2, 0.25) is 11.9 Å². The van der Waals surface area contributed by atoms with Crippen LogP contribution in [0.25, 0.3) is 0 Å². The molecule has 2 amide bonds. The van der Waals surface area contributed by atoms with Gasteiger partial charge in [-0.3, -0.25) is 15.0 Å². The van der Waals surface area contributed by atoms with Crippen molar-refractivity contribution < 1.29 is 14.0 Å². The quantitative estimate of drug-likeness (QED) is 0.720. The normalized spacial score (nSPS) is 25.4. The highest BCUT2D eigenvalue weighted by molar-refractivity contribution is 5.94. The van der Waals surface area contributed by atoms with Crippen molar-refractivity contribution in [2.45, 2.75) is 38.1 Å². The van der Waals surface area contributed by atoms with Gasteiger partial charge in [-0.05, 0) is 42.9 Å². The molecule has 1 aromatic carbocycles. The van der Waals surface area contributed by atoms with E-state index in [-0.39, 0.29) is 35.3 Å². The smallest absolute Gasteiger partial charge is 0.256 e. The maximum absolute atomic E-state index is 14.7. The van der Waals surface area contributed by atoms with Gasteiger partial charge < -0.3 is 9.80 Å². The van der Waals surface area contributed by atoms with Crippen LogP contribution in [0.3, 0.4) is 0 Å². The molecule has 2 aliphatic heterocycles. The first-order chi connectivity index (χ1) is 16.1. The maximum atomic E-state index is 14.7. The highest BCUT2D eigenvalue weighted by Gasteiger charge is 2.40. The molecule has 1 saturated carbocycles. The summed E-state index contributed by atoms with van der Waals surface area (Å²) >= 11 is 0. The summed E-state index contributed by atoms with van der Waals surface area (Å²) in [5.41, 5.74) is 6.95. The van der Waals surface area contributed by atoms with Gasteiger partial charge in [0.25, 0.3) is 5.91 Å². The van der Waals surface area contributed by atoms with Crippen LogP contribution < -0.4 is 15.8 Å². The number of nitrogens with one attached hydrogen (secondary N) is 2. The number of hydrazine groups is 1. The number of piperazine rings is 1. The van der Waals surface area contributed by atoms with E-state index in [2.05, 4.69) is 25.8 Å². The van der Waals surface area contributed by atoms with Gasteiger partial charge in [0.05, 0.1) is 5.56 Å². The SMILES string of the molecule is O=C1NNC(Cc2ccc(F)c(C(=O)N3CCN(c4ncncn4)CC3)c2)C2CCCCC12. The molecule has 0 bridgehead atoms. The molecular formula is C23H28FN7O2. The van der Waals surface area contributed by atoms with Gasteiger partial charge >= 0.3 is 0 Å². The van der Waals surface area contributed by atoms with E-state index in [1.54, 1.807) is 17.0 Å². The van der Waals surface area contributed by atoms with Gasteiger partial charge in [0.1, 0.15) is 18.5 Å². The average molecular weight is 454 g/mol. The fourth-order valence-electron chi connectivity index (χ4n) is 5.33. The van der Waals surface area contributed by atoms with Crippen LogP contribution in [0.5, 0.6) is 0 Å². The van der Waals surface area contributed by atoms with E-state index in [1.807, 2.05) is 4.90 Å². The number of carbonyl (C=O) groups excluding carboxylic acids is 2. The van der Waals surface area contributed by atoms with Crippen molar-refractivity contribution in [3.8, 4) is 0 Å². The molecule has 2 aromatic rings. The van der Waals surface area contributed by atoms with Crippen molar-refractivity contribution in [2.24, 2.45) is 11.8 Å². The minimum Gasteiger partial charge on any atom is -0.337 e. The summed E-state index contributed by atoms with van der Waals surface area (Å²) in [6, 6.07) is 4.86. The van der Waals surface area contributed by atoms with Crippen molar-refractivity contribution in [1.29, 1.82) is 0 Å². The molecule has 33 heavy (non-hydrogen) atoms. The van der Waals surface area contributed by atoms with Gasteiger partial charge in [-0.2, -0.15) is 0 Å². The summed E-state index contributed by atoms with van der Waals surface area (Å²) in [5.74, 6) is 0.141. The Morgan fingerprint density at radius 2 is 1.85 bits per heavy atom. The van der Waals surface area contributed by atoms with E-state index in [4.69, 9.17) is 0 Å². The van der Waals surface area contributed by atoms with Crippen molar-refractivity contribution in [3.63, 3.8) is 0 Å². The lowest BCUT2D eigenvalue weighted by atomic mass is 9.72. The van der Waals surface area contributed by atoms with E-state index < -0.39 is 5.82 Å². The zero-order valence-corrected chi connectivity index (χ0v) is 18.4. The number of fused-ring (bicyclic) bond motifs is 1. The van der Waals surface area contributed by atoms with Gasteiger partial charge in [-0.15, -0.1) is 0 Å². The number of aromatic nitrogens is 3. The number of amides is 2. The number of halogens is 1. The predicted molar refractivity (Wildman–Crippen MR) is 119 cm³/mol. The van der Waals surface area contributed by atoms with Gasteiger partial charge in [0.15, 0.2) is 0 Å². The Hall–Kier alpha value is -3.14. The maximum Gasteiger partial charge on any atom is 0.256 e. The Bertz CT molecular complexity index is 1010. The monoisotopic (exact) mass is 453 g/mol. The number of anilines is 1. The average Bonchev–Trinajstić information content (AvgIpc) is 2.87. The van der Waals surface area contributed by atoms with Crippen LogP contribution in [0.15, 0.2) is 30.9 Å². The summed E-state index contributed by atoms with van der Waals surface area (Å²) < 4.78 is 14.7. The van der Waals surface area contributed by atoms with Crippen LogP contribution in [0.4, 0.5) is 10.3 Å². The van der Waals surface area contributed by atoms with Gasteiger partial charge in [0, 0.05) is 38.1 Å². The second-order valence-corrected chi connectivity index (χ2v) is 9.03. The number of hydrogen-bond acceptors (Lipinski definition) is 7. The van der Waals surface area contributed by atoms with Crippen molar-refractivity contribution in [3.05, 3.63) is 47.8 Å². The van der Waals surface area contributed by atoms with Gasteiger partial charge in [-0.1, -0.05) is 18.9 Å². The topological polar surface area (TPSA) is 103 Å². The molecule has 0 spiro atoms. The Labute approximate surface area is 191 Å². The predicted octanol–water partition coefficient (Wildman–Crippen LogP) is 1.32.